The molecule has 0 aliphatic heterocycles. The second kappa shape index (κ2) is 5.37. The van der Waals surface area contributed by atoms with Crippen LogP contribution in [0.3, 0.4) is 0 Å². The van der Waals surface area contributed by atoms with Crippen molar-refractivity contribution >= 4 is 5.95 Å². The quantitative estimate of drug-likeness (QED) is 0.699. The first-order valence-electron chi connectivity index (χ1n) is 5.10. The van der Waals surface area contributed by atoms with E-state index in [0.717, 1.165) is 24.9 Å². The van der Waals surface area contributed by atoms with E-state index in [-0.39, 0.29) is 6.04 Å². The predicted molar refractivity (Wildman–Crippen MR) is 60.2 cm³/mol. The molecule has 0 aliphatic rings. The highest BCUT2D eigenvalue weighted by Crippen LogP contribution is 2.15. The number of anilines is 1. The van der Waals surface area contributed by atoms with E-state index in [1.165, 1.54) is 0 Å². The average molecular weight is 207 g/mol. The third-order valence-electron chi connectivity index (χ3n) is 2.10. The lowest BCUT2D eigenvalue weighted by Gasteiger charge is -2.11. The number of terminal acetylenes is 1. The molecule has 82 valence electrons. The molecule has 5 heteroatoms. The second-order valence-electron chi connectivity index (χ2n) is 3.17. The van der Waals surface area contributed by atoms with Gasteiger partial charge in [0.2, 0.25) is 5.95 Å². The summed E-state index contributed by atoms with van der Waals surface area (Å²) in [7, 11) is 0. The molecule has 15 heavy (non-hydrogen) atoms. The van der Waals surface area contributed by atoms with Crippen LogP contribution in [0.25, 0.3) is 0 Å². The normalized spacial score (nSPS) is 12.1. The van der Waals surface area contributed by atoms with Crippen molar-refractivity contribution in [1.29, 1.82) is 0 Å². The molecular formula is C10H17N5. The standard InChI is InChI=1S/C10H17N5/c1-4-7-8(11)9-13-14-10(12-5-2)15(9)6-3/h1,8H,5-7,11H2,2-3H3,(H,12,14). The summed E-state index contributed by atoms with van der Waals surface area (Å²) in [6.45, 7) is 5.62. The fraction of sp³-hybridized carbons (Fsp3) is 0.600. The van der Waals surface area contributed by atoms with Crippen molar-refractivity contribution in [2.24, 2.45) is 5.73 Å². The summed E-state index contributed by atoms with van der Waals surface area (Å²) in [6, 6.07) is -0.241. The Bertz CT molecular complexity index is 349. The van der Waals surface area contributed by atoms with E-state index in [9.17, 15) is 0 Å². The van der Waals surface area contributed by atoms with Crippen molar-refractivity contribution < 1.29 is 0 Å². The minimum atomic E-state index is -0.241. The van der Waals surface area contributed by atoms with Crippen LogP contribution in [-0.2, 0) is 6.54 Å². The molecule has 0 saturated carbocycles. The van der Waals surface area contributed by atoms with Gasteiger partial charge in [-0.3, -0.25) is 4.57 Å². The van der Waals surface area contributed by atoms with Gasteiger partial charge < -0.3 is 11.1 Å². The lowest BCUT2D eigenvalue weighted by Crippen LogP contribution is -2.17. The Morgan fingerprint density at radius 3 is 2.80 bits per heavy atom. The van der Waals surface area contributed by atoms with Crippen molar-refractivity contribution in [3.63, 3.8) is 0 Å². The van der Waals surface area contributed by atoms with Gasteiger partial charge in [-0.15, -0.1) is 22.5 Å². The van der Waals surface area contributed by atoms with Gasteiger partial charge in [-0.05, 0) is 13.8 Å². The van der Waals surface area contributed by atoms with Crippen molar-refractivity contribution in [1.82, 2.24) is 14.8 Å². The molecule has 0 bridgehead atoms. The molecule has 0 amide bonds. The molecule has 0 radical (unpaired) electrons. The van der Waals surface area contributed by atoms with Crippen LogP contribution in [0, 0.1) is 12.3 Å². The average Bonchev–Trinajstić information content (AvgIpc) is 2.62. The van der Waals surface area contributed by atoms with Gasteiger partial charge in [0, 0.05) is 19.5 Å². The minimum Gasteiger partial charge on any atom is -0.355 e. The molecule has 1 heterocycles. The van der Waals surface area contributed by atoms with Gasteiger partial charge >= 0.3 is 0 Å². The number of rotatable bonds is 5. The molecule has 0 saturated heterocycles. The summed E-state index contributed by atoms with van der Waals surface area (Å²) in [5.41, 5.74) is 5.90. The number of nitrogens with zero attached hydrogens (tertiary/aromatic N) is 3. The van der Waals surface area contributed by atoms with E-state index in [2.05, 4.69) is 21.4 Å². The first kappa shape index (κ1) is 11.5. The zero-order valence-electron chi connectivity index (χ0n) is 9.20. The largest absolute Gasteiger partial charge is 0.355 e. The molecule has 0 aromatic carbocycles. The van der Waals surface area contributed by atoms with Crippen LogP contribution < -0.4 is 11.1 Å². The van der Waals surface area contributed by atoms with Gasteiger partial charge in [0.05, 0.1) is 6.04 Å². The zero-order valence-corrected chi connectivity index (χ0v) is 9.20. The van der Waals surface area contributed by atoms with E-state index in [0.29, 0.717) is 6.42 Å². The maximum atomic E-state index is 5.90. The predicted octanol–water partition coefficient (Wildman–Crippen LogP) is 0.753. The SMILES string of the molecule is C#CCC(N)c1nnc(NCC)n1CC. The summed E-state index contributed by atoms with van der Waals surface area (Å²) >= 11 is 0. The number of nitrogens with two attached hydrogens (primary N) is 1. The highest BCUT2D eigenvalue weighted by molar-refractivity contribution is 5.26. The Hall–Kier alpha value is -1.54. The lowest BCUT2D eigenvalue weighted by atomic mass is 10.2. The van der Waals surface area contributed by atoms with Gasteiger partial charge in [-0.2, -0.15) is 0 Å². The molecular weight excluding hydrogens is 190 g/mol. The number of nitrogens with one attached hydrogen (secondary N) is 1. The molecule has 1 atom stereocenters. The summed E-state index contributed by atoms with van der Waals surface area (Å²) in [4.78, 5) is 0. The highest BCUT2D eigenvalue weighted by Gasteiger charge is 2.15. The van der Waals surface area contributed by atoms with E-state index < -0.39 is 0 Å². The number of hydrogen-bond donors (Lipinski definition) is 2. The Kier molecular flexibility index (Phi) is 4.13. The van der Waals surface area contributed by atoms with E-state index in [1.54, 1.807) is 0 Å². The van der Waals surface area contributed by atoms with Crippen LogP contribution >= 0.6 is 0 Å². The molecule has 1 rings (SSSR count). The molecule has 1 aromatic rings. The molecule has 5 nitrogen and oxygen atoms in total. The lowest BCUT2D eigenvalue weighted by molar-refractivity contribution is 0.615. The molecule has 1 unspecified atom stereocenters. The second-order valence-corrected chi connectivity index (χ2v) is 3.17. The monoisotopic (exact) mass is 207 g/mol. The van der Waals surface area contributed by atoms with Gasteiger partial charge in [-0.1, -0.05) is 0 Å². The maximum absolute atomic E-state index is 5.90. The fourth-order valence-corrected chi connectivity index (χ4v) is 1.41. The maximum Gasteiger partial charge on any atom is 0.224 e. The Morgan fingerprint density at radius 1 is 1.53 bits per heavy atom. The van der Waals surface area contributed by atoms with Gasteiger partial charge in [0.25, 0.3) is 0 Å². The molecule has 1 aromatic heterocycles. The molecule has 0 fully saturated rings. The number of hydrogen-bond acceptors (Lipinski definition) is 4. The van der Waals surface area contributed by atoms with Crippen molar-refractivity contribution in [2.45, 2.75) is 32.9 Å². The molecule has 0 aliphatic carbocycles. The van der Waals surface area contributed by atoms with E-state index in [4.69, 9.17) is 12.2 Å². The topological polar surface area (TPSA) is 68.8 Å². The Labute approximate surface area is 90.1 Å². The summed E-state index contributed by atoms with van der Waals surface area (Å²) in [5.74, 6) is 4.03. The smallest absolute Gasteiger partial charge is 0.224 e. The van der Waals surface area contributed by atoms with Crippen molar-refractivity contribution in [2.75, 3.05) is 11.9 Å². The summed E-state index contributed by atoms with van der Waals surface area (Å²) in [6.07, 6.45) is 5.70. The summed E-state index contributed by atoms with van der Waals surface area (Å²) < 4.78 is 1.95. The third kappa shape index (κ3) is 2.48. The first-order valence-corrected chi connectivity index (χ1v) is 5.10. The van der Waals surface area contributed by atoms with Gasteiger partial charge in [0.1, 0.15) is 0 Å². The van der Waals surface area contributed by atoms with Crippen LogP contribution in [0.1, 0.15) is 32.1 Å². The van der Waals surface area contributed by atoms with Gasteiger partial charge in [0.15, 0.2) is 5.82 Å². The highest BCUT2D eigenvalue weighted by atomic mass is 15.4. The zero-order chi connectivity index (χ0) is 11.3. The third-order valence-corrected chi connectivity index (χ3v) is 2.10. The Balaban J connectivity index is 2.93. The number of aromatic nitrogens is 3. The molecule has 0 spiro atoms. The van der Waals surface area contributed by atoms with Crippen molar-refractivity contribution in [3.8, 4) is 12.3 Å². The Morgan fingerprint density at radius 2 is 2.27 bits per heavy atom. The fourth-order valence-electron chi connectivity index (χ4n) is 1.41. The molecule has 3 N–H and O–H groups in total. The van der Waals surface area contributed by atoms with Crippen LogP contribution in [-0.4, -0.2) is 21.3 Å². The van der Waals surface area contributed by atoms with E-state index in [1.807, 2.05) is 18.4 Å². The van der Waals surface area contributed by atoms with Crippen LogP contribution in [0.15, 0.2) is 0 Å². The van der Waals surface area contributed by atoms with Crippen LogP contribution in [0.4, 0.5) is 5.95 Å². The van der Waals surface area contributed by atoms with Gasteiger partial charge in [-0.25, -0.2) is 0 Å². The van der Waals surface area contributed by atoms with E-state index >= 15 is 0 Å². The van der Waals surface area contributed by atoms with Crippen LogP contribution in [0.2, 0.25) is 0 Å². The minimum absolute atomic E-state index is 0.241. The van der Waals surface area contributed by atoms with Crippen LogP contribution in [0.5, 0.6) is 0 Å². The summed E-state index contributed by atoms with van der Waals surface area (Å²) in [5, 5.41) is 11.2. The van der Waals surface area contributed by atoms with Crippen molar-refractivity contribution in [3.05, 3.63) is 5.82 Å². The first-order chi connectivity index (χ1) is 7.24.